The number of halogens is 1. The molecule has 18 heavy (non-hydrogen) atoms. The van der Waals surface area contributed by atoms with Crippen molar-refractivity contribution in [2.75, 3.05) is 0 Å². The van der Waals surface area contributed by atoms with Crippen LogP contribution in [0.25, 0.3) is 0 Å². The van der Waals surface area contributed by atoms with Crippen molar-refractivity contribution in [3.63, 3.8) is 0 Å². The summed E-state index contributed by atoms with van der Waals surface area (Å²) in [6.45, 7) is 5.68. The van der Waals surface area contributed by atoms with E-state index < -0.39 is 0 Å². The van der Waals surface area contributed by atoms with Gasteiger partial charge in [0.25, 0.3) is 0 Å². The first-order valence-corrected chi connectivity index (χ1v) is 7.55. The third kappa shape index (κ3) is 3.73. The summed E-state index contributed by atoms with van der Waals surface area (Å²) in [4.78, 5) is 2.66. The minimum atomic E-state index is 0.615. The molecule has 0 radical (unpaired) electrons. The predicted octanol–water partition coefficient (Wildman–Crippen LogP) is 4.88. The van der Waals surface area contributed by atoms with E-state index in [1.807, 2.05) is 12.1 Å². The van der Waals surface area contributed by atoms with Gasteiger partial charge >= 0.3 is 0 Å². The molecule has 1 aliphatic carbocycles. The first-order valence-electron chi connectivity index (χ1n) is 7.17. The smallest absolute Gasteiger partial charge is 0.0406 e. The van der Waals surface area contributed by atoms with Crippen LogP contribution in [0.1, 0.15) is 51.5 Å². The molecule has 0 saturated heterocycles. The van der Waals surface area contributed by atoms with E-state index in [1.54, 1.807) is 0 Å². The Morgan fingerprint density at radius 3 is 2.28 bits per heavy atom. The molecule has 0 aliphatic heterocycles. The van der Waals surface area contributed by atoms with Crippen LogP contribution in [0.5, 0.6) is 0 Å². The van der Waals surface area contributed by atoms with Crippen LogP contribution < -0.4 is 0 Å². The zero-order valence-corrected chi connectivity index (χ0v) is 12.3. The summed E-state index contributed by atoms with van der Waals surface area (Å²) in [6.07, 6.45) is 6.95. The number of hydrogen-bond donors (Lipinski definition) is 0. The van der Waals surface area contributed by atoms with E-state index in [4.69, 9.17) is 11.6 Å². The molecular weight excluding hydrogens is 242 g/mol. The lowest BCUT2D eigenvalue weighted by Crippen LogP contribution is -2.40. The lowest BCUT2D eigenvalue weighted by molar-refractivity contribution is 0.112. The summed E-state index contributed by atoms with van der Waals surface area (Å²) in [7, 11) is 0. The molecule has 100 valence electrons. The van der Waals surface area contributed by atoms with Crippen molar-refractivity contribution in [2.45, 2.75) is 64.6 Å². The van der Waals surface area contributed by atoms with Crippen molar-refractivity contribution in [3.05, 3.63) is 34.9 Å². The average molecular weight is 266 g/mol. The van der Waals surface area contributed by atoms with Crippen LogP contribution in [-0.4, -0.2) is 17.0 Å². The molecule has 0 aromatic heterocycles. The highest BCUT2D eigenvalue weighted by molar-refractivity contribution is 6.30. The van der Waals surface area contributed by atoms with Gasteiger partial charge in [0.15, 0.2) is 0 Å². The van der Waals surface area contributed by atoms with E-state index in [1.165, 1.54) is 37.7 Å². The number of benzene rings is 1. The van der Waals surface area contributed by atoms with Crippen molar-refractivity contribution in [2.24, 2.45) is 0 Å². The van der Waals surface area contributed by atoms with E-state index in [-0.39, 0.29) is 0 Å². The molecule has 0 bridgehead atoms. The van der Waals surface area contributed by atoms with Gasteiger partial charge in [0, 0.05) is 23.7 Å². The van der Waals surface area contributed by atoms with Gasteiger partial charge in [-0.15, -0.1) is 0 Å². The average Bonchev–Trinajstić information content (AvgIpc) is 2.38. The molecule has 0 heterocycles. The maximum absolute atomic E-state index is 5.95. The maximum atomic E-state index is 5.95. The lowest BCUT2D eigenvalue weighted by atomic mass is 9.93. The lowest BCUT2D eigenvalue weighted by Gasteiger charge is -2.37. The fourth-order valence-corrected chi connectivity index (χ4v) is 3.07. The standard InChI is InChI=1S/C16H24ClN/c1-13(2)18(16-6-4-3-5-7-16)12-14-8-10-15(17)11-9-14/h8-11,13,16H,3-7,12H2,1-2H3. The first-order chi connectivity index (χ1) is 8.66. The molecule has 0 amide bonds. The fourth-order valence-electron chi connectivity index (χ4n) is 2.95. The van der Waals surface area contributed by atoms with Crippen LogP contribution in [0.15, 0.2) is 24.3 Å². The molecule has 1 aromatic rings. The summed E-state index contributed by atoms with van der Waals surface area (Å²) >= 11 is 5.95. The molecule has 1 aliphatic rings. The van der Waals surface area contributed by atoms with E-state index in [0.29, 0.717) is 6.04 Å². The molecule has 0 N–H and O–H groups in total. The van der Waals surface area contributed by atoms with Crippen LogP contribution >= 0.6 is 11.6 Å². The molecule has 0 unspecified atom stereocenters. The first kappa shape index (κ1) is 13.9. The predicted molar refractivity (Wildman–Crippen MR) is 79.0 cm³/mol. The Kier molecular flexibility index (Phi) is 5.08. The largest absolute Gasteiger partial charge is 0.294 e. The van der Waals surface area contributed by atoms with Gasteiger partial charge in [-0.3, -0.25) is 4.90 Å². The van der Waals surface area contributed by atoms with Gasteiger partial charge in [0.1, 0.15) is 0 Å². The van der Waals surface area contributed by atoms with Crippen LogP contribution in [0.2, 0.25) is 5.02 Å². The van der Waals surface area contributed by atoms with Crippen LogP contribution in [0.4, 0.5) is 0 Å². The minimum Gasteiger partial charge on any atom is -0.294 e. The Hall–Kier alpha value is -0.530. The van der Waals surface area contributed by atoms with Crippen LogP contribution in [-0.2, 0) is 6.54 Å². The van der Waals surface area contributed by atoms with Gasteiger partial charge in [0.05, 0.1) is 0 Å². The summed E-state index contributed by atoms with van der Waals surface area (Å²) in [5.74, 6) is 0. The van der Waals surface area contributed by atoms with E-state index in [2.05, 4.69) is 30.9 Å². The van der Waals surface area contributed by atoms with Crippen molar-refractivity contribution >= 4 is 11.6 Å². The van der Waals surface area contributed by atoms with Gasteiger partial charge in [-0.05, 0) is 44.4 Å². The molecule has 2 rings (SSSR count). The summed E-state index contributed by atoms with van der Waals surface area (Å²) < 4.78 is 0. The molecular formula is C16H24ClN. The SMILES string of the molecule is CC(C)N(Cc1ccc(Cl)cc1)C1CCCCC1. The van der Waals surface area contributed by atoms with Crippen molar-refractivity contribution in [3.8, 4) is 0 Å². The van der Waals surface area contributed by atoms with Crippen LogP contribution in [0, 0.1) is 0 Å². The molecule has 2 heteroatoms. The van der Waals surface area contributed by atoms with Crippen molar-refractivity contribution in [1.82, 2.24) is 4.90 Å². The van der Waals surface area contributed by atoms with E-state index in [9.17, 15) is 0 Å². The molecule has 1 nitrogen and oxygen atoms in total. The Labute approximate surface area is 116 Å². The quantitative estimate of drug-likeness (QED) is 0.750. The van der Waals surface area contributed by atoms with Gasteiger partial charge in [-0.2, -0.15) is 0 Å². The molecule has 0 spiro atoms. The monoisotopic (exact) mass is 265 g/mol. The van der Waals surface area contributed by atoms with Crippen molar-refractivity contribution < 1.29 is 0 Å². The molecule has 1 fully saturated rings. The zero-order chi connectivity index (χ0) is 13.0. The second-order valence-corrected chi connectivity index (χ2v) is 6.12. The fraction of sp³-hybridized carbons (Fsp3) is 0.625. The van der Waals surface area contributed by atoms with Gasteiger partial charge in [0.2, 0.25) is 0 Å². The Morgan fingerprint density at radius 1 is 1.11 bits per heavy atom. The van der Waals surface area contributed by atoms with E-state index in [0.717, 1.165) is 17.6 Å². The van der Waals surface area contributed by atoms with Gasteiger partial charge in [-0.25, -0.2) is 0 Å². The van der Waals surface area contributed by atoms with Crippen molar-refractivity contribution in [1.29, 1.82) is 0 Å². The third-order valence-corrected chi connectivity index (χ3v) is 4.24. The van der Waals surface area contributed by atoms with E-state index >= 15 is 0 Å². The molecule has 1 saturated carbocycles. The van der Waals surface area contributed by atoms with Gasteiger partial charge in [-0.1, -0.05) is 43.0 Å². The number of nitrogens with zero attached hydrogens (tertiary/aromatic N) is 1. The van der Waals surface area contributed by atoms with Gasteiger partial charge < -0.3 is 0 Å². The maximum Gasteiger partial charge on any atom is 0.0406 e. The van der Waals surface area contributed by atoms with Crippen LogP contribution in [0.3, 0.4) is 0 Å². The Bertz CT molecular complexity index is 352. The second kappa shape index (κ2) is 6.58. The molecule has 0 atom stereocenters. The summed E-state index contributed by atoms with van der Waals surface area (Å²) in [5.41, 5.74) is 1.37. The summed E-state index contributed by atoms with van der Waals surface area (Å²) in [5, 5.41) is 0.826. The highest BCUT2D eigenvalue weighted by Gasteiger charge is 2.23. The number of rotatable bonds is 4. The summed E-state index contributed by atoms with van der Waals surface area (Å²) in [6, 6.07) is 9.69. The highest BCUT2D eigenvalue weighted by atomic mass is 35.5. The topological polar surface area (TPSA) is 3.24 Å². The highest BCUT2D eigenvalue weighted by Crippen LogP contribution is 2.26. The molecule has 1 aromatic carbocycles. The third-order valence-electron chi connectivity index (χ3n) is 3.99. The second-order valence-electron chi connectivity index (χ2n) is 5.68. The minimum absolute atomic E-state index is 0.615. The number of hydrogen-bond acceptors (Lipinski definition) is 1. The zero-order valence-electron chi connectivity index (χ0n) is 11.5. The Morgan fingerprint density at radius 2 is 1.72 bits per heavy atom. The normalized spacial score (nSPS) is 17.6. The Balaban J connectivity index is 2.03.